The topological polar surface area (TPSA) is 29.1 Å². The lowest BCUT2D eigenvalue weighted by molar-refractivity contribution is -0.123. The molecule has 0 aliphatic heterocycles. The summed E-state index contributed by atoms with van der Waals surface area (Å²) in [5, 5.41) is 0. The second-order valence-electron chi connectivity index (χ2n) is 2.92. The Morgan fingerprint density at radius 3 is 2.80 bits per heavy atom. The van der Waals surface area contributed by atoms with Gasteiger partial charge < -0.3 is 0 Å². The molecule has 0 spiro atoms. The van der Waals surface area contributed by atoms with Gasteiger partial charge in [0, 0.05) is 6.42 Å². The van der Waals surface area contributed by atoms with E-state index in [0.717, 1.165) is 12.8 Å². The lowest BCUT2D eigenvalue weighted by Crippen LogP contribution is -2.39. The van der Waals surface area contributed by atoms with Crippen LogP contribution in [-0.4, -0.2) is 11.8 Å². The Balaban J connectivity index is 2.53. The molecule has 3 heteroatoms. The smallest absolute Gasteiger partial charge is 0.151 e. The highest BCUT2D eigenvalue weighted by molar-refractivity contribution is 6.15. The number of rotatable bonds is 1. The molecule has 0 saturated heterocycles. The lowest BCUT2D eigenvalue weighted by Gasteiger charge is -2.25. The van der Waals surface area contributed by atoms with Gasteiger partial charge in [0.1, 0.15) is 0 Å². The van der Waals surface area contributed by atoms with E-state index in [-0.39, 0.29) is 11.8 Å². The number of hydrogen-bond donors (Lipinski definition) is 1. The van der Waals surface area contributed by atoms with E-state index >= 15 is 0 Å². The van der Waals surface area contributed by atoms with Crippen LogP contribution in [0.5, 0.6) is 0 Å². The van der Waals surface area contributed by atoms with Gasteiger partial charge in [0.15, 0.2) is 5.78 Å². The molecule has 0 heterocycles. The monoisotopic (exact) mass is 161 g/mol. The summed E-state index contributed by atoms with van der Waals surface area (Å²) in [4.78, 5) is 13.6. The molecule has 0 aromatic carbocycles. The fraction of sp³-hybridized carbons (Fsp3) is 0.857. The summed E-state index contributed by atoms with van der Waals surface area (Å²) in [5.74, 6) is 0.660. The Morgan fingerprint density at radius 2 is 2.40 bits per heavy atom. The standard InChI is InChI=1S/C7H12ClNO/c1-5-3-2-4-6(10)7(5)9-8/h5,7,9H,2-4H2,1H3/t5-,7+/m1/s1. The van der Waals surface area contributed by atoms with Crippen molar-refractivity contribution in [3.63, 3.8) is 0 Å². The van der Waals surface area contributed by atoms with Crippen LogP contribution in [0.3, 0.4) is 0 Å². The highest BCUT2D eigenvalue weighted by Gasteiger charge is 2.27. The van der Waals surface area contributed by atoms with Crippen molar-refractivity contribution in [3.8, 4) is 0 Å². The zero-order chi connectivity index (χ0) is 7.56. The molecule has 1 N–H and O–H groups in total. The molecule has 58 valence electrons. The third-order valence-electron chi connectivity index (χ3n) is 2.12. The van der Waals surface area contributed by atoms with E-state index < -0.39 is 0 Å². The summed E-state index contributed by atoms with van der Waals surface area (Å²) >= 11 is 5.40. The van der Waals surface area contributed by atoms with Gasteiger partial charge in [0.2, 0.25) is 0 Å². The Hall–Kier alpha value is -0.0800. The zero-order valence-electron chi connectivity index (χ0n) is 6.06. The summed E-state index contributed by atoms with van der Waals surface area (Å²) in [7, 11) is 0. The molecule has 0 aromatic heterocycles. The van der Waals surface area contributed by atoms with Crippen LogP contribution in [-0.2, 0) is 4.79 Å². The maximum atomic E-state index is 11.1. The van der Waals surface area contributed by atoms with E-state index in [9.17, 15) is 4.79 Å². The number of ketones is 1. The first-order chi connectivity index (χ1) is 4.75. The second-order valence-corrected chi connectivity index (χ2v) is 3.14. The first-order valence-corrected chi connectivity index (χ1v) is 4.02. The predicted octanol–water partition coefficient (Wildman–Crippen LogP) is 1.49. The molecule has 2 atom stereocenters. The van der Waals surface area contributed by atoms with E-state index in [4.69, 9.17) is 11.8 Å². The Labute approximate surface area is 66.0 Å². The summed E-state index contributed by atoms with van der Waals surface area (Å²) < 4.78 is 0. The maximum absolute atomic E-state index is 11.1. The number of carbonyl (C=O) groups excluding carboxylic acids is 1. The van der Waals surface area contributed by atoms with Crippen molar-refractivity contribution in [2.24, 2.45) is 5.92 Å². The third kappa shape index (κ3) is 1.50. The van der Waals surface area contributed by atoms with Gasteiger partial charge in [-0.2, -0.15) is 0 Å². The Kier molecular flexibility index (Phi) is 2.69. The van der Waals surface area contributed by atoms with Crippen molar-refractivity contribution >= 4 is 17.6 Å². The molecule has 1 saturated carbocycles. The molecule has 0 aromatic rings. The van der Waals surface area contributed by atoms with Crippen molar-refractivity contribution in [3.05, 3.63) is 0 Å². The number of carbonyl (C=O) groups is 1. The van der Waals surface area contributed by atoms with E-state index in [1.54, 1.807) is 0 Å². The van der Waals surface area contributed by atoms with Crippen LogP contribution in [0, 0.1) is 5.92 Å². The molecule has 10 heavy (non-hydrogen) atoms. The number of hydrogen-bond acceptors (Lipinski definition) is 2. The average molecular weight is 162 g/mol. The van der Waals surface area contributed by atoms with Crippen molar-refractivity contribution in [1.82, 2.24) is 4.84 Å². The summed E-state index contributed by atoms with van der Waals surface area (Å²) in [5.41, 5.74) is 0. The number of nitrogens with one attached hydrogen (secondary N) is 1. The molecule has 0 unspecified atom stereocenters. The van der Waals surface area contributed by atoms with E-state index in [2.05, 4.69) is 11.8 Å². The summed E-state index contributed by atoms with van der Waals surface area (Å²) in [6, 6.07) is -0.101. The number of Topliss-reactive ketones (excluding diaryl/α,β-unsaturated/α-hetero) is 1. The fourth-order valence-corrected chi connectivity index (χ4v) is 1.74. The van der Waals surface area contributed by atoms with E-state index in [1.807, 2.05) is 0 Å². The number of halogens is 1. The second kappa shape index (κ2) is 3.35. The van der Waals surface area contributed by atoms with Crippen LogP contribution in [0.4, 0.5) is 0 Å². The molecular weight excluding hydrogens is 150 g/mol. The van der Waals surface area contributed by atoms with Gasteiger partial charge in [0.05, 0.1) is 6.04 Å². The SMILES string of the molecule is C[C@@H]1CCCC(=O)[C@H]1NCl. The van der Waals surface area contributed by atoms with Crippen LogP contribution in [0.2, 0.25) is 0 Å². The highest BCUT2D eigenvalue weighted by Crippen LogP contribution is 2.21. The molecule has 1 rings (SSSR count). The van der Waals surface area contributed by atoms with Crippen LogP contribution in [0.15, 0.2) is 0 Å². The summed E-state index contributed by atoms with van der Waals surface area (Å²) in [6.07, 6.45) is 2.82. The van der Waals surface area contributed by atoms with Gasteiger partial charge in [0.25, 0.3) is 0 Å². The normalized spacial score (nSPS) is 34.4. The van der Waals surface area contributed by atoms with Gasteiger partial charge in [-0.05, 0) is 30.5 Å². The molecule has 0 radical (unpaired) electrons. The van der Waals surface area contributed by atoms with Gasteiger partial charge in [-0.15, -0.1) is 0 Å². The van der Waals surface area contributed by atoms with Gasteiger partial charge in [-0.1, -0.05) is 6.92 Å². The fourth-order valence-electron chi connectivity index (χ4n) is 1.41. The molecule has 1 aliphatic carbocycles. The lowest BCUT2D eigenvalue weighted by atomic mass is 9.86. The molecule has 1 fully saturated rings. The zero-order valence-corrected chi connectivity index (χ0v) is 6.82. The first kappa shape index (κ1) is 8.02. The molecular formula is C7H12ClNO. The van der Waals surface area contributed by atoms with E-state index in [0.29, 0.717) is 12.3 Å². The van der Waals surface area contributed by atoms with Crippen molar-refractivity contribution in [2.75, 3.05) is 0 Å². The first-order valence-electron chi connectivity index (χ1n) is 3.64. The van der Waals surface area contributed by atoms with Gasteiger partial charge >= 0.3 is 0 Å². The minimum atomic E-state index is -0.101. The van der Waals surface area contributed by atoms with Crippen molar-refractivity contribution in [1.29, 1.82) is 0 Å². The quantitative estimate of drug-likeness (QED) is 0.591. The predicted molar refractivity (Wildman–Crippen MR) is 40.8 cm³/mol. The Morgan fingerprint density at radius 1 is 1.70 bits per heavy atom. The average Bonchev–Trinajstić information content (AvgIpc) is 1.88. The van der Waals surface area contributed by atoms with Gasteiger partial charge in [-0.3, -0.25) is 4.79 Å². The third-order valence-corrected chi connectivity index (χ3v) is 2.35. The Bertz CT molecular complexity index is 138. The van der Waals surface area contributed by atoms with Crippen LogP contribution >= 0.6 is 11.8 Å². The molecule has 0 amide bonds. The van der Waals surface area contributed by atoms with E-state index in [1.165, 1.54) is 0 Å². The van der Waals surface area contributed by atoms with Crippen LogP contribution in [0.25, 0.3) is 0 Å². The molecule has 0 bridgehead atoms. The minimum absolute atomic E-state index is 0.101. The summed E-state index contributed by atoms with van der Waals surface area (Å²) in [6.45, 7) is 2.05. The largest absolute Gasteiger partial charge is 0.298 e. The highest BCUT2D eigenvalue weighted by atomic mass is 35.5. The van der Waals surface area contributed by atoms with Crippen LogP contribution < -0.4 is 4.84 Å². The van der Waals surface area contributed by atoms with Crippen molar-refractivity contribution < 1.29 is 4.79 Å². The molecule has 2 nitrogen and oxygen atoms in total. The maximum Gasteiger partial charge on any atom is 0.151 e. The van der Waals surface area contributed by atoms with Gasteiger partial charge in [-0.25, -0.2) is 4.84 Å². The molecule has 1 aliphatic rings. The minimum Gasteiger partial charge on any atom is -0.298 e. The van der Waals surface area contributed by atoms with Crippen LogP contribution in [0.1, 0.15) is 26.2 Å². The van der Waals surface area contributed by atoms with Crippen molar-refractivity contribution in [2.45, 2.75) is 32.2 Å².